The maximum atomic E-state index is 9.88. The Balaban J connectivity index is 2.04. The van der Waals surface area contributed by atoms with Gasteiger partial charge in [-0.3, -0.25) is 4.90 Å². The second-order valence-electron chi connectivity index (χ2n) is 5.64. The summed E-state index contributed by atoms with van der Waals surface area (Å²) in [6.45, 7) is 6.77. The molecule has 0 spiro atoms. The molecule has 0 aromatic heterocycles. The van der Waals surface area contributed by atoms with Gasteiger partial charge in [-0.1, -0.05) is 42.5 Å². The summed E-state index contributed by atoms with van der Waals surface area (Å²) in [4.78, 5) is 2.43. The van der Waals surface area contributed by atoms with Crippen LogP contribution in [-0.4, -0.2) is 29.6 Å². The molecule has 0 aliphatic carbocycles. The van der Waals surface area contributed by atoms with Crippen LogP contribution in [0.4, 0.5) is 0 Å². The van der Waals surface area contributed by atoms with E-state index in [1.807, 2.05) is 18.2 Å². The first-order chi connectivity index (χ1) is 10.3. The van der Waals surface area contributed by atoms with Crippen LogP contribution in [0.2, 0.25) is 0 Å². The van der Waals surface area contributed by atoms with E-state index < -0.39 is 0 Å². The van der Waals surface area contributed by atoms with Gasteiger partial charge in [0.2, 0.25) is 0 Å². The maximum Gasteiger partial charge on any atom is 0.115 e. The molecule has 1 N–H and O–H groups in total. The Kier molecular flexibility index (Phi) is 4.07. The van der Waals surface area contributed by atoms with Crippen molar-refractivity contribution < 1.29 is 5.11 Å². The minimum atomic E-state index is 0.302. The molecular formula is C19H21NO. The maximum absolute atomic E-state index is 9.88. The van der Waals surface area contributed by atoms with Crippen LogP contribution in [0.5, 0.6) is 5.75 Å². The van der Waals surface area contributed by atoms with Crippen molar-refractivity contribution in [3.8, 4) is 5.75 Å². The van der Waals surface area contributed by atoms with Crippen LogP contribution in [0, 0.1) is 0 Å². The molecule has 0 radical (unpaired) electrons. The highest BCUT2D eigenvalue weighted by Crippen LogP contribution is 2.33. The fraction of sp³-hybridized carbons (Fsp3) is 0.263. The van der Waals surface area contributed by atoms with Crippen molar-refractivity contribution in [1.29, 1.82) is 0 Å². The first-order valence-electron chi connectivity index (χ1n) is 7.48. The monoisotopic (exact) mass is 279 g/mol. The lowest BCUT2D eigenvalue weighted by Gasteiger charge is -2.24. The van der Waals surface area contributed by atoms with Crippen LogP contribution >= 0.6 is 0 Å². The summed E-state index contributed by atoms with van der Waals surface area (Å²) in [6.07, 6.45) is 2.99. The Morgan fingerprint density at radius 2 is 2.00 bits per heavy atom. The summed E-state index contributed by atoms with van der Waals surface area (Å²) in [6, 6.07) is 16.4. The van der Waals surface area contributed by atoms with Gasteiger partial charge in [0, 0.05) is 25.6 Å². The van der Waals surface area contributed by atoms with E-state index in [0.29, 0.717) is 11.7 Å². The molecule has 1 heterocycles. The lowest BCUT2D eigenvalue weighted by atomic mass is 9.88. The number of phenolic OH excluding ortho intramolecular Hbond substituents is 1. The van der Waals surface area contributed by atoms with Gasteiger partial charge in [0.05, 0.1) is 0 Å². The topological polar surface area (TPSA) is 23.5 Å². The third-order valence-electron chi connectivity index (χ3n) is 4.23. The van der Waals surface area contributed by atoms with Crippen LogP contribution in [0.3, 0.4) is 0 Å². The zero-order valence-electron chi connectivity index (χ0n) is 12.2. The molecule has 2 aromatic rings. The number of nitrogens with zero attached hydrogens (tertiary/aromatic N) is 1. The molecule has 3 rings (SSSR count). The number of hydrogen-bond donors (Lipinski definition) is 1. The fourth-order valence-corrected chi connectivity index (χ4v) is 3.18. The summed E-state index contributed by atoms with van der Waals surface area (Å²) in [7, 11) is 0. The molecule has 1 unspecified atom stereocenters. The van der Waals surface area contributed by atoms with E-state index in [-0.39, 0.29) is 0 Å². The number of aromatic hydroxyl groups is 1. The Labute approximate surface area is 126 Å². The Hall–Kier alpha value is -2.06. The van der Waals surface area contributed by atoms with Crippen molar-refractivity contribution in [1.82, 2.24) is 4.90 Å². The van der Waals surface area contributed by atoms with E-state index in [1.165, 1.54) is 16.7 Å². The van der Waals surface area contributed by atoms with Crippen LogP contribution in [0.25, 0.3) is 0 Å². The normalized spacial score (nSPS) is 18.8. The summed E-state index contributed by atoms with van der Waals surface area (Å²) >= 11 is 0. The van der Waals surface area contributed by atoms with E-state index in [1.54, 1.807) is 6.07 Å². The molecule has 1 aliphatic rings. The predicted octanol–water partition coefficient (Wildman–Crippen LogP) is 3.57. The number of fused-ring (bicyclic) bond motifs is 1. The van der Waals surface area contributed by atoms with Gasteiger partial charge in [-0.2, -0.15) is 0 Å². The minimum absolute atomic E-state index is 0.302. The predicted molar refractivity (Wildman–Crippen MR) is 86.7 cm³/mol. The van der Waals surface area contributed by atoms with Crippen molar-refractivity contribution in [3.63, 3.8) is 0 Å². The average molecular weight is 279 g/mol. The van der Waals surface area contributed by atoms with E-state index in [4.69, 9.17) is 0 Å². The van der Waals surface area contributed by atoms with E-state index in [0.717, 1.165) is 26.1 Å². The van der Waals surface area contributed by atoms with E-state index in [2.05, 4.69) is 41.8 Å². The van der Waals surface area contributed by atoms with Crippen LogP contribution in [0.1, 0.15) is 22.6 Å². The minimum Gasteiger partial charge on any atom is -0.508 e. The van der Waals surface area contributed by atoms with Crippen molar-refractivity contribution in [2.75, 3.05) is 19.6 Å². The molecule has 108 valence electrons. The molecule has 21 heavy (non-hydrogen) atoms. The molecule has 2 heteroatoms. The van der Waals surface area contributed by atoms with Crippen molar-refractivity contribution in [2.45, 2.75) is 12.3 Å². The number of benzene rings is 2. The van der Waals surface area contributed by atoms with Gasteiger partial charge in [-0.05, 0) is 35.2 Å². The molecule has 0 saturated carbocycles. The van der Waals surface area contributed by atoms with E-state index >= 15 is 0 Å². The molecular weight excluding hydrogens is 258 g/mol. The summed E-state index contributed by atoms with van der Waals surface area (Å²) in [5, 5.41) is 9.88. The Bertz CT molecular complexity index is 621. The summed E-state index contributed by atoms with van der Waals surface area (Å²) < 4.78 is 0. The molecule has 1 atom stereocenters. The highest BCUT2D eigenvalue weighted by Gasteiger charge is 2.24. The third kappa shape index (κ3) is 3.01. The highest BCUT2D eigenvalue weighted by atomic mass is 16.3. The standard InChI is InChI=1S/C19H21NO/c1-2-11-20-12-10-16-8-9-17(21)13-18(16)19(14-20)15-6-4-3-5-7-15/h2-9,13,19,21H,1,10-12,14H2. The first-order valence-corrected chi connectivity index (χ1v) is 7.48. The van der Waals surface area contributed by atoms with Crippen LogP contribution in [0.15, 0.2) is 61.2 Å². The molecule has 0 amide bonds. The fourth-order valence-electron chi connectivity index (χ4n) is 3.18. The van der Waals surface area contributed by atoms with E-state index in [9.17, 15) is 5.11 Å². The molecule has 2 aromatic carbocycles. The summed E-state index contributed by atoms with van der Waals surface area (Å²) in [5.41, 5.74) is 3.90. The molecule has 0 bridgehead atoms. The second-order valence-corrected chi connectivity index (χ2v) is 5.64. The average Bonchev–Trinajstić information content (AvgIpc) is 2.68. The third-order valence-corrected chi connectivity index (χ3v) is 4.23. The molecule has 1 aliphatic heterocycles. The highest BCUT2D eigenvalue weighted by molar-refractivity contribution is 5.43. The van der Waals surface area contributed by atoms with Gasteiger partial charge >= 0.3 is 0 Å². The Morgan fingerprint density at radius 3 is 2.76 bits per heavy atom. The largest absolute Gasteiger partial charge is 0.508 e. The van der Waals surface area contributed by atoms with Gasteiger partial charge in [-0.25, -0.2) is 0 Å². The van der Waals surface area contributed by atoms with Gasteiger partial charge in [0.25, 0.3) is 0 Å². The summed E-state index contributed by atoms with van der Waals surface area (Å²) in [5.74, 6) is 0.655. The second kappa shape index (κ2) is 6.15. The van der Waals surface area contributed by atoms with Crippen LogP contribution < -0.4 is 0 Å². The number of hydrogen-bond acceptors (Lipinski definition) is 2. The number of rotatable bonds is 3. The molecule has 2 nitrogen and oxygen atoms in total. The van der Waals surface area contributed by atoms with Crippen LogP contribution in [-0.2, 0) is 6.42 Å². The van der Waals surface area contributed by atoms with Gasteiger partial charge in [0.15, 0.2) is 0 Å². The number of phenols is 1. The van der Waals surface area contributed by atoms with Crippen molar-refractivity contribution in [3.05, 3.63) is 77.9 Å². The first kappa shape index (κ1) is 13.9. The van der Waals surface area contributed by atoms with Crippen molar-refractivity contribution >= 4 is 0 Å². The smallest absolute Gasteiger partial charge is 0.115 e. The zero-order valence-corrected chi connectivity index (χ0v) is 12.2. The lowest BCUT2D eigenvalue weighted by Crippen LogP contribution is -2.28. The SMILES string of the molecule is C=CCN1CCc2ccc(O)cc2C(c2ccccc2)C1. The quantitative estimate of drug-likeness (QED) is 0.868. The lowest BCUT2D eigenvalue weighted by molar-refractivity contribution is 0.306. The van der Waals surface area contributed by atoms with Gasteiger partial charge in [-0.15, -0.1) is 6.58 Å². The van der Waals surface area contributed by atoms with Crippen molar-refractivity contribution in [2.24, 2.45) is 0 Å². The molecule has 0 saturated heterocycles. The van der Waals surface area contributed by atoms with Gasteiger partial charge < -0.3 is 5.11 Å². The zero-order chi connectivity index (χ0) is 14.7. The van der Waals surface area contributed by atoms with Gasteiger partial charge in [0.1, 0.15) is 5.75 Å². The molecule has 0 fully saturated rings. The Morgan fingerprint density at radius 1 is 1.19 bits per heavy atom.